The maximum absolute atomic E-state index is 5.69. The topological polar surface area (TPSA) is 64.9 Å². The molecule has 0 aromatic carbocycles. The molecular formula is C9H13N3S. The average molecular weight is 195 g/mol. The first-order chi connectivity index (χ1) is 6.27. The average Bonchev–Trinajstić information content (AvgIpc) is 2.18. The van der Waals surface area contributed by atoms with Crippen LogP contribution in [-0.4, -0.2) is 4.98 Å². The molecule has 0 fully saturated rings. The summed E-state index contributed by atoms with van der Waals surface area (Å²) in [5.74, 6) is 0. The molecule has 1 aromatic heterocycles. The van der Waals surface area contributed by atoms with Gasteiger partial charge < -0.3 is 5.73 Å². The van der Waals surface area contributed by atoms with Gasteiger partial charge in [-0.05, 0) is 18.1 Å². The first-order valence-electron chi connectivity index (χ1n) is 4.04. The van der Waals surface area contributed by atoms with Crippen LogP contribution in [0.25, 0.3) is 5.70 Å². The van der Waals surface area contributed by atoms with E-state index >= 15 is 0 Å². The standard InChI is InChI=1S/C9H13N3S/c1-2-7-3-4-9(12-5-7)8(10)6-13-11/h3-6H,2,10-11H2,1H3/b8-6-. The van der Waals surface area contributed by atoms with Gasteiger partial charge in [0.1, 0.15) is 0 Å². The zero-order valence-corrected chi connectivity index (χ0v) is 8.34. The minimum Gasteiger partial charge on any atom is -0.397 e. The Balaban J connectivity index is 2.85. The Hall–Kier alpha value is -1.00. The molecule has 1 aromatic rings. The second-order valence-corrected chi connectivity index (χ2v) is 3.12. The molecule has 70 valence electrons. The predicted octanol–water partition coefficient (Wildman–Crippen LogP) is 1.51. The molecule has 13 heavy (non-hydrogen) atoms. The predicted molar refractivity (Wildman–Crippen MR) is 57.6 cm³/mol. The Morgan fingerprint density at radius 3 is 2.85 bits per heavy atom. The van der Waals surface area contributed by atoms with Gasteiger partial charge in [0.25, 0.3) is 0 Å². The van der Waals surface area contributed by atoms with Crippen molar-refractivity contribution < 1.29 is 0 Å². The molecule has 0 amide bonds. The third kappa shape index (κ3) is 2.75. The van der Waals surface area contributed by atoms with Gasteiger partial charge in [-0.15, -0.1) is 0 Å². The van der Waals surface area contributed by atoms with Crippen LogP contribution < -0.4 is 10.9 Å². The SMILES string of the molecule is CCc1ccc(/C(N)=C/SN)nc1. The molecule has 1 rings (SSSR count). The molecule has 0 saturated heterocycles. The van der Waals surface area contributed by atoms with E-state index in [-0.39, 0.29) is 0 Å². The number of pyridine rings is 1. The van der Waals surface area contributed by atoms with Crippen molar-refractivity contribution in [2.75, 3.05) is 0 Å². The molecule has 4 heteroatoms. The van der Waals surface area contributed by atoms with Gasteiger partial charge >= 0.3 is 0 Å². The second-order valence-electron chi connectivity index (χ2n) is 2.61. The van der Waals surface area contributed by atoms with Gasteiger partial charge in [-0.2, -0.15) is 0 Å². The van der Waals surface area contributed by atoms with E-state index in [4.69, 9.17) is 10.9 Å². The summed E-state index contributed by atoms with van der Waals surface area (Å²) in [6, 6.07) is 3.92. The van der Waals surface area contributed by atoms with Crippen LogP contribution in [0.15, 0.2) is 23.7 Å². The Bertz CT molecular complexity index is 292. The van der Waals surface area contributed by atoms with Crippen LogP contribution in [0.1, 0.15) is 18.2 Å². The van der Waals surface area contributed by atoms with Crippen LogP contribution in [0, 0.1) is 0 Å². The Morgan fingerprint density at radius 2 is 2.38 bits per heavy atom. The lowest BCUT2D eigenvalue weighted by molar-refractivity contribution is 1.09. The third-order valence-electron chi connectivity index (χ3n) is 1.72. The van der Waals surface area contributed by atoms with Crippen molar-refractivity contribution in [2.24, 2.45) is 10.9 Å². The largest absolute Gasteiger partial charge is 0.397 e. The van der Waals surface area contributed by atoms with E-state index in [1.807, 2.05) is 18.3 Å². The van der Waals surface area contributed by atoms with Gasteiger partial charge in [-0.3, -0.25) is 10.1 Å². The maximum atomic E-state index is 5.69. The number of hydrogen-bond donors (Lipinski definition) is 2. The number of rotatable bonds is 3. The fourth-order valence-electron chi connectivity index (χ4n) is 0.938. The van der Waals surface area contributed by atoms with Crippen LogP contribution in [-0.2, 0) is 6.42 Å². The summed E-state index contributed by atoms with van der Waals surface area (Å²) in [6.45, 7) is 2.09. The monoisotopic (exact) mass is 195 g/mol. The van der Waals surface area contributed by atoms with Gasteiger partial charge in [-0.25, -0.2) is 0 Å². The summed E-state index contributed by atoms with van der Waals surface area (Å²) in [6.07, 6.45) is 2.82. The quantitative estimate of drug-likeness (QED) is 0.717. The van der Waals surface area contributed by atoms with Crippen molar-refractivity contribution in [3.05, 3.63) is 35.0 Å². The molecule has 3 nitrogen and oxygen atoms in total. The van der Waals surface area contributed by atoms with Crippen molar-refractivity contribution >= 4 is 17.6 Å². The van der Waals surface area contributed by atoms with Crippen LogP contribution >= 0.6 is 11.9 Å². The van der Waals surface area contributed by atoms with Crippen LogP contribution in [0.3, 0.4) is 0 Å². The third-order valence-corrected chi connectivity index (χ3v) is 2.11. The number of hydrogen-bond acceptors (Lipinski definition) is 4. The highest BCUT2D eigenvalue weighted by atomic mass is 32.2. The van der Waals surface area contributed by atoms with Gasteiger partial charge in [0.05, 0.1) is 11.4 Å². The van der Waals surface area contributed by atoms with Crippen molar-refractivity contribution in [3.8, 4) is 0 Å². The normalized spacial score (nSPS) is 11.7. The summed E-state index contributed by atoms with van der Waals surface area (Å²) in [4.78, 5) is 4.21. The first kappa shape index (κ1) is 10.1. The number of aromatic nitrogens is 1. The van der Waals surface area contributed by atoms with E-state index < -0.39 is 0 Å². The Labute approximate surface area is 82.4 Å². The van der Waals surface area contributed by atoms with Gasteiger partial charge in [-0.1, -0.05) is 24.9 Å². The highest BCUT2D eigenvalue weighted by molar-refractivity contribution is 8.00. The van der Waals surface area contributed by atoms with Gasteiger partial charge in [0.15, 0.2) is 0 Å². The smallest absolute Gasteiger partial charge is 0.0864 e. The molecule has 1 heterocycles. The number of nitrogens with zero attached hydrogens (tertiary/aromatic N) is 1. The van der Waals surface area contributed by atoms with Crippen LogP contribution in [0.5, 0.6) is 0 Å². The molecular weight excluding hydrogens is 182 g/mol. The Morgan fingerprint density at radius 1 is 1.62 bits per heavy atom. The molecule has 0 radical (unpaired) electrons. The van der Waals surface area contributed by atoms with Gasteiger partial charge in [0, 0.05) is 11.6 Å². The fraction of sp³-hybridized carbons (Fsp3) is 0.222. The second kappa shape index (κ2) is 4.89. The first-order valence-corrected chi connectivity index (χ1v) is 4.98. The van der Waals surface area contributed by atoms with E-state index in [9.17, 15) is 0 Å². The molecule has 0 spiro atoms. The molecule has 4 N–H and O–H groups in total. The lowest BCUT2D eigenvalue weighted by atomic mass is 10.2. The summed E-state index contributed by atoms with van der Waals surface area (Å²) >= 11 is 1.09. The van der Waals surface area contributed by atoms with Crippen LogP contribution in [0.2, 0.25) is 0 Å². The van der Waals surface area contributed by atoms with E-state index in [1.165, 1.54) is 5.56 Å². The molecule has 0 bridgehead atoms. The molecule has 0 unspecified atom stereocenters. The van der Waals surface area contributed by atoms with Crippen LogP contribution in [0.4, 0.5) is 0 Å². The Kier molecular flexibility index (Phi) is 3.79. The number of aryl methyl sites for hydroxylation is 1. The lowest BCUT2D eigenvalue weighted by Gasteiger charge is -2.00. The van der Waals surface area contributed by atoms with Gasteiger partial charge in [0.2, 0.25) is 0 Å². The van der Waals surface area contributed by atoms with Crippen molar-refractivity contribution in [1.29, 1.82) is 0 Å². The zero-order valence-electron chi connectivity index (χ0n) is 7.53. The van der Waals surface area contributed by atoms with Crippen molar-refractivity contribution in [1.82, 2.24) is 4.98 Å². The minimum atomic E-state index is 0.607. The van der Waals surface area contributed by atoms with Crippen molar-refractivity contribution in [2.45, 2.75) is 13.3 Å². The highest BCUT2D eigenvalue weighted by Gasteiger charge is 1.97. The van der Waals surface area contributed by atoms with E-state index in [0.29, 0.717) is 5.70 Å². The zero-order chi connectivity index (χ0) is 9.68. The number of nitrogens with two attached hydrogens (primary N) is 2. The minimum absolute atomic E-state index is 0.607. The highest BCUT2D eigenvalue weighted by Crippen LogP contribution is 2.09. The molecule has 0 aliphatic carbocycles. The van der Waals surface area contributed by atoms with E-state index in [2.05, 4.69) is 11.9 Å². The fourth-order valence-corrected chi connectivity index (χ4v) is 1.21. The molecule has 0 aliphatic heterocycles. The van der Waals surface area contributed by atoms with E-state index in [1.54, 1.807) is 5.41 Å². The summed E-state index contributed by atoms with van der Waals surface area (Å²) in [5, 5.41) is 6.93. The van der Waals surface area contributed by atoms with E-state index in [0.717, 1.165) is 24.1 Å². The summed E-state index contributed by atoms with van der Waals surface area (Å²) < 4.78 is 0. The summed E-state index contributed by atoms with van der Waals surface area (Å²) in [5.41, 5.74) is 8.28. The molecule has 0 aliphatic rings. The molecule has 0 atom stereocenters. The van der Waals surface area contributed by atoms with Crippen molar-refractivity contribution in [3.63, 3.8) is 0 Å². The maximum Gasteiger partial charge on any atom is 0.0864 e. The summed E-state index contributed by atoms with van der Waals surface area (Å²) in [7, 11) is 0. The lowest BCUT2D eigenvalue weighted by Crippen LogP contribution is -1.99. The molecule has 0 saturated carbocycles.